The van der Waals surface area contributed by atoms with Gasteiger partial charge in [-0.25, -0.2) is 14.5 Å². The van der Waals surface area contributed by atoms with Gasteiger partial charge in [0, 0.05) is 43.3 Å². The van der Waals surface area contributed by atoms with Crippen molar-refractivity contribution in [2.24, 2.45) is 0 Å². The van der Waals surface area contributed by atoms with Crippen LogP contribution < -0.4 is 5.32 Å². The van der Waals surface area contributed by atoms with E-state index >= 15 is 0 Å². The molecule has 9 heteroatoms. The lowest BCUT2D eigenvalue weighted by Gasteiger charge is -2.26. The average Bonchev–Trinajstić information content (AvgIpc) is 3.25. The molecule has 5 heterocycles. The molecule has 0 saturated carbocycles. The van der Waals surface area contributed by atoms with Crippen LogP contribution in [0.4, 0.5) is 5.82 Å². The summed E-state index contributed by atoms with van der Waals surface area (Å²) in [5, 5.41) is 7.39. The third-order valence-corrected chi connectivity index (χ3v) is 5.31. The minimum Gasteiger partial charge on any atom is -0.379 e. The highest BCUT2D eigenvalue weighted by atomic mass is 16.5. The number of amides is 1. The summed E-state index contributed by atoms with van der Waals surface area (Å²) < 4.78 is 7.00. The number of morpholine rings is 1. The Kier molecular flexibility index (Phi) is 5.57. The van der Waals surface area contributed by atoms with Gasteiger partial charge in [0.2, 0.25) is 0 Å². The molecule has 0 aliphatic carbocycles. The second kappa shape index (κ2) is 8.81. The van der Waals surface area contributed by atoms with Gasteiger partial charge in [0.15, 0.2) is 11.5 Å². The number of anilines is 1. The predicted molar refractivity (Wildman–Crippen MR) is 119 cm³/mol. The Labute approximate surface area is 185 Å². The van der Waals surface area contributed by atoms with Crippen LogP contribution in [0.25, 0.3) is 17.0 Å². The highest BCUT2D eigenvalue weighted by Crippen LogP contribution is 2.18. The van der Waals surface area contributed by atoms with E-state index in [0.717, 1.165) is 49.8 Å². The van der Waals surface area contributed by atoms with Gasteiger partial charge in [-0.3, -0.25) is 14.7 Å². The van der Waals surface area contributed by atoms with Crippen LogP contribution in [0.5, 0.6) is 0 Å². The quantitative estimate of drug-likeness (QED) is 0.521. The van der Waals surface area contributed by atoms with Gasteiger partial charge in [0.1, 0.15) is 5.82 Å². The molecule has 5 rings (SSSR count). The third-order valence-electron chi connectivity index (χ3n) is 5.31. The van der Waals surface area contributed by atoms with Crippen molar-refractivity contribution >= 4 is 17.4 Å². The standard InChI is InChI=1S/C23H23N7O2/c1-16-7-8-17(14-24-16)21-27-22-19(5-3-9-30(22)28-21)23(31)26-20-6-2-4-18(25-20)15-29-10-12-32-13-11-29/h2-9,14H,10-13,15H2,1H3,(H,25,26,31). The Bertz CT molecular complexity index is 1250. The summed E-state index contributed by atoms with van der Waals surface area (Å²) in [4.78, 5) is 28.8. The summed E-state index contributed by atoms with van der Waals surface area (Å²) >= 11 is 0. The molecule has 0 unspecified atom stereocenters. The van der Waals surface area contributed by atoms with Gasteiger partial charge >= 0.3 is 0 Å². The normalized spacial score (nSPS) is 14.5. The molecule has 0 bridgehead atoms. The van der Waals surface area contributed by atoms with Crippen LogP contribution in [0.15, 0.2) is 54.9 Å². The summed E-state index contributed by atoms with van der Waals surface area (Å²) in [7, 11) is 0. The Balaban J connectivity index is 1.37. The van der Waals surface area contributed by atoms with E-state index in [2.05, 4.69) is 30.3 Å². The first-order valence-electron chi connectivity index (χ1n) is 10.5. The van der Waals surface area contributed by atoms with E-state index in [-0.39, 0.29) is 5.91 Å². The van der Waals surface area contributed by atoms with E-state index in [1.807, 2.05) is 31.2 Å². The Morgan fingerprint density at radius 3 is 2.78 bits per heavy atom. The molecule has 9 nitrogen and oxygen atoms in total. The molecular formula is C23H23N7O2. The maximum absolute atomic E-state index is 13.0. The van der Waals surface area contributed by atoms with Crippen LogP contribution in [0.2, 0.25) is 0 Å². The number of hydrogen-bond donors (Lipinski definition) is 1. The molecule has 0 spiro atoms. The number of ether oxygens (including phenoxy) is 1. The Morgan fingerprint density at radius 2 is 1.97 bits per heavy atom. The van der Waals surface area contributed by atoms with Gasteiger partial charge in [-0.05, 0) is 43.3 Å². The number of rotatable bonds is 5. The molecule has 1 fully saturated rings. The molecule has 1 N–H and O–H groups in total. The molecule has 1 amide bonds. The van der Waals surface area contributed by atoms with Gasteiger partial charge in [-0.2, -0.15) is 0 Å². The summed E-state index contributed by atoms with van der Waals surface area (Å²) in [6.07, 6.45) is 3.50. The number of carbonyl (C=O) groups excluding carboxylic acids is 1. The molecule has 4 aromatic heterocycles. The topological polar surface area (TPSA) is 97.5 Å². The first kappa shape index (κ1) is 20.2. The van der Waals surface area contributed by atoms with Gasteiger partial charge in [0.05, 0.1) is 24.5 Å². The van der Waals surface area contributed by atoms with E-state index in [0.29, 0.717) is 22.9 Å². The lowest BCUT2D eigenvalue weighted by atomic mass is 10.2. The van der Waals surface area contributed by atoms with Crippen LogP contribution in [0, 0.1) is 6.92 Å². The van der Waals surface area contributed by atoms with E-state index in [4.69, 9.17) is 4.74 Å². The van der Waals surface area contributed by atoms with E-state index in [1.54, 1.807) is 35.1 Å². The van der Waals surface area contributed by atoms with Crippen molar-refractivity contribution in [1.82, 2.24) is 29.5 Å². The first-order chi connectivity index (χ1) is 15.7. The zero-order chi connectivity index (χ0) is 21.9. The summed E-state index contributed by atoms with van der Waals surface area (Å²) in [6.45, 7) is 5.88. The molecule has 32 heavy (non-hydrogen) atoms. The fraction of sp³-hybridized carbons (Fsp3) is 0.261. The fourth-order valence-corrected chi connectivity index (χ4v) is 3.62. The molecule has 0 aromatic carbocycles. The fourth-order valence-electron chi connectivity index (χ4n) is 3.62. The van der Waals surface area contributed by atoms with Crippen LogP contribution in [0.1, 0.15) is 21.7 Å². The lowest BCUT2D eigenvalue weighted by molar-refractivity contribution is 0.0337. The highest BCUT2D eigenvalue weighted by Gasteiger charge is 2.17. The van der Waals surface area contributed by atoms with Crippen molar-refractivity contribution in [3.63, 3.8) is 0 Å². The number of aryl methyl sites for hydroxylation is 1. The number of fused-ring (bicyclic) bond motifs is 1. The number of pyridine rings is 3. The molecule has 162 valence electrons. The summed E-state index contributed by atoms with van der Waals surface area (Å²) in [5.41, 5.74) is 3.51. The van der Waals surface area contributed by atoms with Crippen molar-refractivity contribution in [3.8, 4) is 11.4 Å². The van der Waals surface area contributed by atoms with Crippen LogP contribution >= 0.6 is 0 Å². The highest BCUT2D eigenvalue weighted by molar-refractivity contribution is 6.07. The van der Waals surface area contributed by atoms with Crippen molar-refractivity contribution in [1.29, 1.82) is 0 Å². The van der Waals surface area contributed by atoms with Crippen LogP contribution in [0.3, 0.4) is 0 Å². The van der Waals surface area contributed by atoms with Crippen LogP contribution in [-0.4, -0.2) is 61.7 Å². The Hall–Kier alpha value is -3.69. The predicted octanol–water partition coefficient (Wildman–Crippen LogP) is 2.58. The average molecular weight is 429 g/mol. The molecule has 0 radical (unpaired) electrons. The van der Waals surface area contributed by atoms with Crippen molar-refractivity contribution in [2.75, 3.05) is 31.6 Å². The minimum absolute atomic E-state index is 0.285. The third kappa shape index (κ3) is 4.34. The maximum atomic E-state index is 13.0. The van der Waals surface area contributed by atoms with Gasteiger partial charge in [-0.1, -0.05) is 6.07 Å². The monoisotopic (exact) mass is 429 g/mol. The van der Waals surface area contributed by atoms with Crippen molar-refractivity contribution in [2.45, 2.75) is 13.5 Å². The second-order valence-electron chi connectivity index (χ2n) is 7.67. The largest absolute Gasteiger partial charge is 0.379 e. The van der Waals surface area contributed by atoms with Crippen molar-refractivity contribution < 1.29 is 9.53 Å². The van der Waals surface area contributed by atoms with Gasteiger partial charge < -0.3 is 10.1 Å². The smallest absolute Gasteiger partial charge is 0.260 e. The van der Waals surface area contributed by atoms with E-state index in [9.17, 15) is 4.79 Å². The van der Waals surface area contributed by atoms with Gasteiger partial charge in [0.25, 0.3) is 5.91 Å². The molecule has 1 saturated heterocycles. The zero-order valence-corrected chi connectivity index (χ0v) is 17.7. The molecule has 0 atom stereocenters. The number of hydrogen-bond acceptors (Lipinski definition) is 7. The number of nitrogens with zero attached hydrogens (tertiary/aromatic N) is 6. The minimum atomic E-state index is -0.285. The number of carbonyl (C=O) groups is 1. The zero-order valence-electron chi connectivity index (χ0n) is 17.7. The number of aromatic nitrogens is 5. The van der Waals surface area contributed by atoms with Crippen LogP contribution in [-0.2, 0) is 11.3 Å². The van der Waals surface area contributed by atoms with E-state index < -0.39 is 0 Å². The number of nitrogens with one attached hydrogen (secondary N) is 1. The van der Waals surface area contributed by atoms with Crippen molar-refractivity contribution in [3.05, 3.63) is 71.8 Å². The molecule has 1 aliphatic heterocycles. The molecular weight excluding hydrogens is 406 g/mol. The SMILES string of the molecule is Cc1ccc(-c2nc3c(C(=O)Nc4cccc(CN5CCOCC5)n4)cccn3n2)cn1. The van der Waals surface area contributed by atoms with E-state index in [1.165, 1.54) is 0 Å². The molecule has 1 aliphatic rings. The first-order valence-corrected chi connectivity index (χ1v) is 10.5. The lowest BCUT2D eigenvalue weighted by Crippen LogP contribution is -2.35. The summed E-state index contributed by atoms with van der Waals surface area (Å²) in [5.74, 6) is 0.737. The maximum Gasteiger partial charge on any atom is 0.260 e. The molecule has 4 aromatic rings. The summed E-state index contributed by atoms with van der Waals surface area (Å²) in [6, 6.07) is 13.0. The Morgan fingerprint density at radius 1 is 1.09 bits per heavy atom. The van der Waals surface area contributed by atoms with Gasteiger partial charge in [-0.15, -0.1) is 5.10 Å². The second-order valence-corrected chi connectivity index (χ2v) is 7.67.